The van der Waals surface area contributed by atoms with Crippen LogP contribution < -0.4 is 4.74 Å². The van der Waals surface area contributed by atoms with E-state index in [2.05, 4.69) is 4.74 Å². The zero-order valence-corrected chi connectivity index (χ0v) is 10.0. The molecular weight excluding hydrogens is 236 g/mol. The van der Waals surface area contributed by atoms with Crippen LogP contribution in [-0.4, -0.2) is 24.3 Å². The van der Waals surface area contributed by atoms with Gasteiger partial charge in [0.15, 0.2) is 0 Å². The van der Waals surface area contributed by atoms with E-state index in [9.17, 15) is 9.59 Å². The minimum atomic E-state index is -0.846. The van der Waals surface area contributed by atoms with E-state index in [-0.39, 0.29) is 13.0 Å². The average molecular weight is 250 g/mol. The highest BCUT2D eigenvalue weighted by Gasteiger charge is 2.36. The van der Waals surface area contributed by atoms with E-state index in [0.717, 1.165) is 0 Å². The molecule has 0 radical (unpaired) electrons. The smallest absolute Gasteiger partial charge is 0.434 e. The molecule has 1 aliphatic rings. The second kappa shape index (κ2) is 5.08. The molecule has 1 unspecified atom stereocenters. The summed E-state index contributed by atoms with van der Waals surface area (Å²) in [6.07, 6.45) is -0.254. The minimum absolute atomic E-state index is 0.0109. The number of hydrogen-bond donors (Lipinski definition) is 0. The number of cyclic esters (lactones) is 2. The average Bonchev–Trinajstić information content (AvgIpc) is 2.28. The van der Waals surface area contributed by atoms with E-state index in [0.29, 0.717) is 12.2 Å². The van der Waals surface area contributed by atoms with Gasteiger partial charge in [0.25, 0.3) is 0 Å². The lowest BCUT2D eigenvalue weighted by molar-refractivity contribution is -0.143. The Morgan fingerprint density at radius 3 is 2.78 bits per heavy atom. The van der Waals surface area contributed by atoms with Crippen molar-refractivity contribution in [1.29, 1.82) is 0 Å². The Kier molecular flexibility index (Phi) is 3.50. The van der Waals surface area contributed by atoms with Gasteiger partial charge in [0.2, 0.25) is 0 Å². The Labute approximate surface area is 105 Å². The van der Waals surface area contributed by atoms with Gasteiger partial charge < -0.3 is 14.2 Å². The van der Waals surface area contributed by atoms with Gasteiger partial charge in [0.05, 0.1) is 13.0 Å². The molecule has 1 fully saturated rings. The third-order valence-corrected chi connectivity index (χ3v) is 2.67. The van der Waals surface area contributed by atoms with Crippen LogP contribution in [0.15, 0.2) is 30.3 Å². The summed E-state index contributed by atoms with van der Waals surface area (Å²) in [5.41, 5.74) is -0.846. The summed E-state index contributed by atoms with van der Waals surface area (Å²) in [7, 11) is 0. The summed E-state index contributed by atoms with van der Waals surface area (Å²) >= 11 is 0. The zero-order chi connectivity index (χ0) is 13.0. The van der Waals surface area contributed by atoms with Gasteiger partial charge in [-0.2, -0.15) is 0 Å². The van der Waals surface area contributed by atoms with Crippen molar-refractivity contribution in [3.8, 4) is 5.75 Å². The lowest BCUT2D eigenvalue weighted by atomic mass is 9.98. The molecule has 0 N–H and O–H groups in total. The normalized spacial score (nSPS) is 22.8. The molecule has 18 heavy (non-hydrogen) atoms. The molecule has 1 aliphatic heterocycles. The Bertz CT molecular complexity index is 442. The standard InChI is InChI=1S/C13H14O5/c1-13(7-8-16-12(15)18-13)9-11(14)17-10-5-3-2-4-6-10/h2-6H,7-9H2,1H3. The highest BCUT2D eigenvalue weighted by molar-refractivity contribution is 5.74. The van der Waals surface area contributed by atoms with Crippen LogP contribution in [0.4, 0.5) is 4.79 Å². The van der Waals surface area contributed by atoms with E-state index < -0.39 is 17.7 Å². The topological polar surface area (TPSA) is 61.8 Å². The lowest BCUT2D eigenvalue weighted by Crippen LogP contribution is -2.41. The van der Waals surface area contributed by atoms with Gasteiger partial charge in [0, 0.05) is 6.42 Å². The first-order chi connectivity index (χ1) is 8.57. The fraction of sp³-hybridized carbons (Fsp3) is 0.385. The van der Waals surface area contributed by atoms with Crippen molar-refractivity contribution in [3.63, 3.8) is 0 Å². The number of hydrogen-bond acceptors (Lipinski definition) is 5. The van der Waals surface area contributed by atoms with Gasteiger partial charge in [0.1, 0.15) is 11.4 Å². The largest absolute Gasteiger partial charge is 0.508 e. The SMILES string of the molecule is CC1(CC(=O)Oc2ccccc2)CCOC(=O)O1. The van der Waals surface area contributed by atoms with Gasteiger partial charge in [-0.3, -0.25) is 4.79 Å². The van der Waals surface area contributed by atoms with E-state index in [4.69, 9.17) is 9.47 Å². The van der Waals surface area contributed by atoms with Crippen molar-refractivity contribution in [3.05, 3.63) is 30.3 Å². The molecule has 1 aromatic carbocycles. The Hall–Kier alpha value is -2.04. The minimum Gasteiger partial charge on any atom is -0.434 e. The third-order valence-electron chi connectivity index (χ3n) is 2.67. The molecule has 1 aromatic rings. The van der Waals surface area contributed by atoms with Crippen molar-refractivity contribution in [2.45, 2.75) is 25.4 Å². The van der Waals surface area contributed by atoms with Crippen LogP contribution in [0.3, 0.4) is 0 Å². The molecule has 96 valence electrons. The molecule has 1 saturated heterocycles. The predicted octanol–water partition coefficient (Wildman–Crippen LogP) is 2.30. The molecule has 0 aromatic heterocycles. The summed E-state index contributed by atoms with van der Waals surface area (Å²) < 4.78 is 14.8. The highest BCUT2D eigenvalue weighted by atomic mass is 16.7. The van der Waals surface area contributed by atoms with Crippen LogP contribution in [0.2, 0.25) is 0 Å². The van der Waals surface area contributed by atoms with Gasteiger partial charge in [-0.15, -0.1) is 0 Å². The maximum atomic E-state index is 11.7. The number of rotatable bonds is 3. The number of benzene rings is 1. The Balaban J connectivity index is 1.93. The van der Waals surface area contributed by atoms with Crippen molar-refractivity contribution in [1.82, 2.24) is 0 Å². The second-order valence-electron chi connectivity index (χ2n) is 4.36. The van der Waals surface area contributed by atoms with Crippen molar-refractivity contribution in [2.75, 3.05) is 6.61 Å². The van der Waals surface area contributed by atoms with E-state index in [1.54, 1.807) is 31.2 Å². The first-order valence-electron chi connectivity index (χ1n) is 5.69. The van der Waals surface area contributed by atoms with Gasteiger partial charge >= 0.3 is 12.1 Å². The van der Waals surface area contributed by atoms with E-state index >= 15 is 0 Å². The maximum Gasteiger partial charge on any atom is 0.508 e. The highest BCUT2D eigenvalue weighted by Crippen LogP contribution is 2.26. The van der Waals surface area contributed by atoms with E-state index in [1.807, 2.05) is 6.07 Å². The van der Waals surface area contributed by atoms with Crippen LogP contribution in [0, 0.1) is 0 Å². The summed E-state index contributed by atoms with van der Waals surface area (Å²) in [5, 5.41) is 0. The molecule has 5 nitrogen and oxygen atoms in total. The summed E-state index contributed by atoms with van der Waals surface area (Å²) in [6.45, 7) is 1.95. The van der Waals surface area contributed by atoms with Crippen molar-refractivity contribution >= 4 is 12.1 Å². The molecule has 0 saturated carbocycles. The number of esters is 1. The Morgan fingerprint density at radius 2 is 2.11 bits per heavy atom. The number of para-hydroxylation sites is 1. The summed E-state index contributed by atoms with van der Waals surface area (Å²) in [5.74, 6) is 0.0443. The van der Waals surface area contributed by atoms with Crippen LogP contribution in [0.5, 0.6) is 5.75 Å². The van der Waals surface area contributed by atoms with Gasteiger partial charge in [-0.25, -0.2) is 4.79 Å². The third kappa shape index (κ3) is 3.23. The first-order valence-corrected chi connectivity index (χ1v) is 5.69. The fourth-order valence-electron chi connectivity index (χ4n) is 1.72. The Morgan fingerprint density at radius 1 is 1.39 bits per heavy atom. The zero-order valence-electron chi connectivity index (χ0n) is 10.0. The number of ether oxygens (including phenoxy) is 3. The molecule has 0 aliphatic carbocycles. The molecule has 5 heteroatoms. The molecule has 0 bridgehead atoms. The van der Waals surface area contributed by atoms with Crippen LogP contribution in [0.25, 0.3) is 0 Å². The predicted molar refractivity (Wildman–Crippen MR) is 62.1 cm³/mol. The number of carbonyl (C=O) groups is 2. The van der Waals surface area contributed by atoms with Crippen molar-refractivity contribution in [2.24, 2.45) is 0 Å². The molecule has 0 spiro atoms. The van der Waals surface area contributed by atoms with Crippen LogP contribution in [-0.2, 0) is 14.3 Å². The fourth-order valence-corrected chi connectivity index (χ4v) is 1.72. The van der Waals surface area contributed by atoms with Crippen LogP contribution >= 0.6 is 0 Å². The monoisotopic (exact) mass is 250 g/mol. The van der Waals surface area contributed by atoms with Gasteiger partial charge in [-0.1, -0.05) is 18.2 Å². The molecule has 2 rings (SSSR count). The maximum absolute atomic E-state index is 11.7. The molecule has 1 heterocycles. The second-order valence-corrected chi connectivity index (χ2v) is 4.36. The van der Waals surface area contributed by atoms with Crippen LogP contribution in [0.1, 0.15) is 19.8 Å². The lowest BCUT2D eigenvalue weighted by Gasteiger charge is -2.31. The molecule has 0 amide bonds. The van der Waals surface area contributed by atoms with E-state index in [1.165, 1.54) is 0 Å². The quantitative estimate of drug-likeness (QED) is 0.608. The van der Waals surface area contributed by atoms with Crippen molar-refractivity contribution < 1.29 is 23.8 Å². The number of carbonyl (C=O) groups excluding carboxylic acids is 2. The molecule has 1 atom stereocenters. The summed E-state index contributed by atoms with van der Waals surface area (Å²) in [6, 6.07) is 8.77. The van der Waals surface area contributed by atoms with Gasteiger partial charge in [-0.05, 0) is 19.1 Å². The first kappa shape index (κ1) is 12.4. The summed E-state index contributed by atoms with van der Waals surface area (Å²) in [4.78, 5) is 22.8. The molecular formula is C13H14O5.